The molecule has 0 bridgehead atoms. The Bertz CT molecular complexity index is 967. The number of aryl methyl sites for hydroxylation is 2. The van der Waals surface area contributed by atoms with Crippen LogP contribution in [0.25, 0.3) is 0 Å². The summed E-state index contributed by atoms with van der Waals surface area (Å²) in [6, 6.07) is 23.0. The summed E-state index contributed by atoms with van der Waals surface area (Å²) < 4.78 is 5.78. The fourth-order valence-corrected chi connectivity index (χ4v) is 3.06. The van der Waals surface area contributed by atoms with Gasteiger partial charge in [0.15, 0.2) is 5.11 Å². The average Bonchev–Trinajstić information content (AvgIpc) is 2.66. The lowest BCUT2D eigenvalue weighted by Crippen LogP contribution is -2.34. The maximum atomic E-state index is 12.5. The molecule has 0 unspecified atom stereocenters. The third-order valence-electron chi connectivity index (χ3n) is 4.05. The third kappa shape index (κ3) is 5.66. The van der Waals surface area contributed by atoms with Crippen LogP contribution >= 0.6 is 12.2 Å². The van der Waals surface area contributed by atoms with Gasteiger partial charge in [-0.05, 0) is 73.1 Å². The van der Waals surface area contributed by atoms with Crippen LogP contribution in [0, 0.1) is 13.8 Å². The smallest absolute Gasteiger partial charge is 0.257 e. The number of rotatable bonds is 5. The van der Waals surface area contributed by atoms with E-state index >= 15 is 0 Å². The van der Waals surface area contributed by atoms with Gasteiger partial charge in [0.1, 0.15) is 12.4 Å². The van der Waals surface area contributed by atoms with E-state index in [4.69, 9.17) is 17.0 Å². The number of ether oxygens (including phenoxy) is 1. The maximum Gasteiger partial charge on any atom is 0.257 e. The minimum atomic E-state index is -0.285. The van der Waals surface area contributed by atoms with Gasteiger partial charge in [0, 0.05) is 11.3 Å². The largest absolute Gasteiger partial charge is 0.489 e. The highest BCUT2D eigenvalue weighted by molar-refractivity contribution is 7.80. The summed E-state index contributed by atoms with van der Waals surface area (Å²) in [5.74, 6) is 0.344. The molecule has 5 heteroatoms. The lowest BCUT2D eigenvalue weighted by molar-refractivity contribution is 0.0977. The molecule has 0 saturated carbocycles. The van der Waals surface area contributed by atoms with E-state index in [1.165, 1.54) is 0 Å². The molecule has 3 rings (SSSR count). The first-order valence-corrected chi connectivity index (χ1v) is 9.38. The number of thiocarbonyl (C=S) groups is 1. The molecule has 0 spiro atoms. The van der Waals surface area contributed by atoms with Crippen molar-refractivity contribution in [1.29, 1.82) is 0 Å². The fourth-order valence-electron chi connectivity index (χ4n) is 2.85. The molecule has 3 aromatic carbocycles. The zero-order chi connectivity index (χ0) is 19.9. The van der Waals surface area contributed by atoms with Crippen molar-refractivity contribution in [3.8, 4) is 5.75 Å². The highest BCUT2D eigenvalue weighted by atomic mass is 32.1. The molecule has 0 radical (unpaired) electrons. The molecule has 0 heterocycles. The lowest BCUT2D eigenvalue weighted by atomic mass is 10.1. The lowest BCUT2D eigenvalue weighted by Gasteiger charge is -2.12. The zero-order valence-corrected chi connectivity index (χ0v) is 16.7. The van der Waals surface area contributed by atoms with Crippen molar-refractivity contribution >= 4 is 28.9 Å². The molecule has 2 N–H and O–H groups in total. The summed E-state index contributed by atoms with van der Waals surface area (Å²) >= 11 is 5.27. The molecular weight excluding hydrogens is 368 g/mol. The topological polar surface area (TPSA) is 50.4 Å². The number of benzene rings is 3. The van der Waals surface area contributed by atoms with Crippen LogP contribution in [0.2, 0.25) is 0 Å². The Hall–Kier alpha value is -3.18. The van der Waals surface area contributed by atoms with Crippen molar-refractivity contribution in [2.24, 2.45) is 0 Å². The summed E-state index contributed by atoms with van der Waals surface area (Å²) in [4.78, 5) is 12.5. The van der Waals surface area contributed by atoms with Crippen molar-refractivity contribution in [2.45, 2.75) is 20.5 Å². The van der Waals surface area contributed by atoms with Crippen LogP contribution in [-0.4, -0.2) is 11.0 Å². The van der Waals surface area contributed by atoms with Crippen molar-refractivity contribution in [2.75, 3.05) is 5.32 Å². The molecular formula is C23H22N2O2S. The van der Waals surface area contributed by atoms with E-state index in [0.29, 0.717) is 17.9 Å². The van der Waals surface area contributed by atoms with Gasteiger partial charge in [-0.1, -0.05) is 42.5 Å². The number of carbonyl (C=O) groups is 1. The van der Waals surface area contributed by atoms with Gasteiger partial charge < -0.3 is 10.1 Å². The van der Waals surface area contributed by atoms with E-state index < -0.39 is 0 Å². The van der Waals surface area contributed by atoms with Crippen LogP contribution < -0.4 is 15.4 Å². The molecule has 0 aliphatic rings. The molecule has 28 heavy (non-hydrogen) atoms. The highest BCUT2D eigenvalue weighted by Gasteiger charge is 2.09. The third-order valence-corrected chi connectivity index (χ3v) is 4.26. The molecule has 0 aliphatic heterocycles. The van der Waals surface area contributed by atoms with Crippen LogP contribution in [0.1, 0.15) is 27.0 Å². The minimum Gasteiger partial charge on any atom is -0.489 e. The normalized spacial score (nSPS) is 10.2. The van der Waals surface area contributed by atoms with E-state index in [2.05, 4.69) is 16.7 Å². The highest BCUT2D eigenvalue weighted by Crippen LogP contribution is 2.16. The van der Waals surface area contributed by atoms with Crippen molar-refractivity contribution in [1.82, 2.24) is 5.32 Å². The van der Waals surface area contributed by atoms with Gasteiger partial charge in [0.2, 0.25) is 0 Å². The molecule has 0 aromatic heterocycles. The second-order valence-electron chi connectivity index (χ2n) is 6.59. The quantitative estimate of drug-likeness (QED) is 0.601. The van der Waals surface area contributed by atoms with Crippen molar-refractivity contribution in [3.63, 3.8) is 0 Å². The number of hydrogen-bond acceptors (Lipinski definition) is 3. The van der Waals surface area contributed by atoms with E-state index in [9.17, 15) is 4.79 Å². The van der Waals surface area contributed by atoms with Crippen LogP contribution in [0.4, 0.5) is 5.69 Å². The number of hydrogen-bond donors (Lipinski definition) is 2. The Balaban J connectivity index is 1.60. The Labute approximate surface area is 170 Å². The zero-order valence-electron chi connectivity index (χ0n) is 15.9. The second kappa shape index (κ2) is 9.15. The molecule has 142 valence electrons. The monoisotopic (exact) mass is 390 g/mol. The fraction of sp³-hybridized carbons (Fsp3) is 0.130. The average molecular weight is 391 g/mol. The van der Waals surface area contributed by atoms with Gasteiger partial charge in [-0.25, -0.2) is 0 Å². The van der Waals surface area contributed by atoms with Gasteiger partial charge in [-0.2, -0.15) is 0 Å². The van der Waals surface area contributed by atoms with E-state index in [-0.39, 0.29) is 11.0 Å². The minimum absolute atomic E-state index is 0.255. The molecule has 1 amide bonds. The Morgan fingerprint density at radius 3 is 2.36 bits per heavy atom. The van der Waals surface area contributed by atoms with Gasteiger partial charge in [0.05, 0.1) is 0 Å². The van der Waals surface area contributed by atoms with Crippen molar-refractivity contribution in [3.05, 3.63) is 95.1 Å². The van der Waals surface area contributed by atoms with Gasteiger partial charge in [0.25, 0.3) is 5.91 Å². The predicted octanol–water partition coefficient (Wildman–Crippen LogP) is 5.01. The van der Waals surface area contributed by atoms with Crippen LogP contribution in [0.3, 0.4) is 0 Å². The first-order chi connectivity index (χ1) is 13.5. The standard InChI is InChI=1S/C23H22N2O2S/c1-16-11-17(2)13-20(12-16)24-23(28)25-22(26)19-9-6-10-21(14-19)27-15-18-7-4-3-5-8-18/h3-14H,15H2,1-2H3,(H2,24,25,26,28). The Kier molecular flexibility index (Phi) is 6.40. The number of carbonyl (C=O) groups excluding carboxylic acids is 1. The van der Waals surface area contributed by atoms with Crippen molar-refractivity contribution < 1.29 is 9.53 Å². The summed E-state index contributed by atoms with van der Waals surface area (Å²) in [6.07, 6.45) is 0. The van der Waals surface area contributed by atoms with Crippen LogP contribution in [0.15, 0.2) is 72.8 Å². The summed E-state index contributed by atoms with van der Waals surface area (Å²) in [6.45, 7) is 4.47. The summed E-state index contributed by atoms with van der Waals surface area (Å²) in [7, 11) is 0. The molecule has 3 aromatic rings. The van der Waals surface area contributed by atoms with E-state index in [1.807, 2.05) is 62.4 Å². The van der Waals surface area contributed by atoms with E-state index in [1.54, 1.807) is 18.2 Å². The first kappa shape index (κ1) is 19.6. The number of nitrogens with one attached hydrogen (secondary N) is 2. The number of amides is 1. The van der Waals surface area contributed by atoms with Gasteiger partial charge >= 0.3 is 0 Å². The maximum absolute atomic E-state index is 12.5. The van der Waals surface area contributed by atoms with Crippen LogP contribution in [0.5, 0.6) is 5.75 Å². The Morgan fingerprint density at radius 1 is 0.929 bits per heavy atom. The Morgan fingerprint density at radius 2 is 1.64 bits per heavy atom. The van der Waals surface area contributed by atoms with Gasteiger partial charge in [-0.15, -0.1) is 0 Å². The second-order valence-corrected chi connectivity index (χ2v) is 6.99. The molecule has 0 fully saturated rings. The molecule has 0 saturated heterocycles. The number of anilines is 1. The summed E-state index contributed by atoms with van der Waals surface area (Å²) in [5, 5.41) is 6.02. The molecule has 0 atom stereocenters. The molecule has 0 aliphatic carbocycles. The molecule has 4 nitrogen and oxygen atoms in total. The SMILES string of the molecule is Cc1cc(C)cc(NC(=S)NC(=O)c2cccc(OCc3ccccc3)c2)c1. The van der Waals surface area contributed by atoms with Gasteiger partial charge in [-0.3, -0.25) is 10.1 Å². The summed E-state index contributed by atoms with van der Waals surface area (Å²) in [5.41, 5.74) is 4.65. The first-order valence-electron chi connectivity index (χ1n) is 8.97. The van der Waals surface area contributed by atoms with Crippen LogP contribution in [-0.2, 0) is 6.61 Å². The van der Waals surface area contributed by atoms with E-state index in [0.717, 1.165) is 22.4 Å². The predicted molar refractivity (Wildman–Crippen MR) is 117 cm³/mol.